The van der Waals surface area contributed by atoms with Crippen molar-refractivity contribution in [2.45, 2.75) is 30.9 Å². The van der Waals surface area contributed by atoms with Gasteiger partial charge in [-0.1, -0.05) is 95.5 Å². The topological polar surface area (TPSA) is 92.2 Å². The molecule has 0 bridgehead atoms. The van der Waals surface area contributed by atoms with Crippen LogP contribution in [0, 0.1) is 0 Å². The molecule has 1 aliphatic rings. The predicted molar refractivity (Wildman–Crippen MR) is 185 cm³/mol. The quantitative estimate of drug-likeness (QED) is 0.0943. The maximum atomic E-state index is 14.3. The average Bonchev–Trinajstić information content (AvgIpc) is 3.45. The largest absolute Gasteiger partial charge is 0.494 e. The van der Waals surface area contributed by atoms with E-state index in [0.717, 1.165) is 11.1 Å². The highest BCUT2D eigenvalue weighted by Crippen LogP contribution is 2.45. The number of aliphatic imine (C=N–C) groups is 1. The Balaban J connectivity index is 1.47. The maximum absolute atomic E-state index is 14.3. The molecule has 0 unspecified atom stereocenters. The van der Waals surface area contributed by atoms with E-state index in [1.54, 1.807) is 30.3 Å². The van der Waals surface area contributed by atoms with Gasteiger partial charge in [-0.2, -0.15) is 0 Å². The van der Waals surface area contributed by atoms with E-state index in [0.29, 0.717) is 63.8 Å². The zero-order valence-corrected chi connectivity index (χ0v) is 27.2. The van der Waals surface area contributed by atoms with E-state index in [9.17, 15) is 4.79 Å². The molecular formula is C36H34Cl3N3O4. The standard InChI is InChI=1S/C36H34Cl3N3O4/c37-28-13-9-26(10-14-28)19-21-40-42-35(44)36(20-4-8-25-6-2-1-3-7-25)33(31-18-15-29(38)24-32(31)39)46-34(41-36)27-11-16-30(17-12-27)45-23-5-22-43/h1-4,6-18,24,33,40,43H,5,19-23H2,(H,42,44)/b8-4+/t33-,36-/m0/s1. The Morgan fingerprint density at radius 3 is 2.41 bits per heavy atom. The van der Waals surface area contributed by atoms with Gasteiger partial charge >= 0.3 is 0 Å². The first-order valence-corrected chi connectivity index (χ1v) is 16.1. The summed E-state index contributed by atoms with van der Waals surface area (Å²) in [6, 6.07) is 29.8. The van der Waals surface area contributed by atoms with Crippen molar-refractivity contribution < 1.29 is 19.4 Å². The number of hydrogen-bond donors (Lipinski definition) is 3. The van der Waals surface area contributed by atoms with Gasteiger partial charge in [-0.15, -0.1) is 0 Å². The molecule has 0 aliphatic carbocycles. The minimum Gasteiger partial charge on any atom is -0.494 e. The summed E-state index contributed by atoms with van der Waals surface area (Å²) in [7, 11) is 0. The molecule has 0 saturated heterocycles. The normalized spacial score (nSPS) is 17.5. The zero-order chi connectivity index (χ0) is 32.4. The van der Waals surface area contributed by atoms with Gasteiger partial charge in [-0.05, 0) is 66.1 Å². The Kier molecular flexibility index (Phi) is 11.7. The molecule has 0 saturated carbocycles. The predicted octanol–water partition coefficient (Wildman–Crippen LogP) is 7.63. The minimum absolute atomic E-state index is 0.0518. The number of nitrogens with zero attached hydrogens (tertiary/aromatic N) is 1. The molecule has 46 heavy (non-hydrogen) atoms. The van der Waals surface area contributed by atoms with E-state index in [1.165, 1.54) is 0 Å². The summed E-state index contributed by atoms with van der Waals surface area (Å²) in [5.74, 6) is 0.562. The summed E-state index contributed by atoms with van der Waals surface area (Å²) in [6.45, 7) is 0.924. The van der Waals surface area contributed by atoms with Gasteiger partial charge in [0.05, 0.1) is 6.61 Å². The molecule has 0 aromatic heterocycles. The Morgan fingerprint density at radius 2 is 1.70 bits per heavy atom. The van der Waals surface area contributed by atoms with E-state index < -0.39 is 11.6 Å². The van der Waals surface area contributed by atoms with E-state index in [4.69, 9.17) is 54.4 Å². The molecule has 3 N–H and O–H groups in total. The lowest BCUT2D eigenvalue weighted by Crippen LogP contribution is -2.52. The summed E-state index contributed by atoms with van der Waals surface area (Å²) < 4.78 is 12.2. The van der Waals surface area contributed by atoms with E-state index in [-0.39, 0.29) is 18.9 Å². The molecule has 4 aromatic rings. The van der Waals surface area contributed by atoms with Crippen LogP contribution in [0.5, 0.6) is 5.75 Å². The average molecular weight is 679 g/mol. The van der Waals surface area contributed by atoms with E-state index >= 15 is 0 Å². The van der Waals surface area contributed by atoms with Crippen LogP contribution in [-0.2, 0) is 16.0 Å². The van der Waals surface area contributed by atoms with Gasteiger partial charge in [-0.3, -0.25) is 10.2 Å². The number of benzene rings is 4. The lowest BCUT2D eigenvalue weighted by Gasteiger charge is -2.30. The second-order valence-electron chi connectivity index (χ2n) is 10.7. The van der Waals surface area contributed by atoms with Crippen LogP contribution in [0.3, 0.4) is 0 Å². The third-order valence-corrected chi connectivity index (χ3v) is 8.28. The number of halogens is 3. The smallest absolute Gasteiger partial charge is 0.266 e. The second kappa shape index (κ2) is 16.1. The summed E-state index contributed by atoms with van der Waals surface area (Å²) in [5, 5.41) is 10.6. The van der Waals surface area contributed by atoms with Crippen LogP contribution < -0.4 is 15.6 Å². The van der Waals surface area contributed by atoms with Crippen molar-refractivity contribution in [1.29, 1.82) is 0 Å². The fourth-order valence-electron chi connectivity index (χ4n) is 5.05. The van der Waals surface area contributed by atoms with Crippen LogP contribution in [0.15, 0.2) is 108 Å². The van der Waals surface area contributed by atoms with Crippen molar-refractivity contribution >= 4 is 52.7 Å². The molecule has 1 amide bonds. The molecule has 0 spiro atoms. The SMILES string of the molecule is O=C(NNCCc1ccc(Cl)cc1)[C@@]1(C/C=C/c2ccccc2)N=C(c2ccc(OCCCO)cc2)O[C@H]1c1ccc(Cl)cc1Cl. The van der Waals surface area contributed by atoms with Crippen molar-refractivity contribution in [3.05, 3.63) is 140 Å². The number of aliphatic hydroxyl groups is 1. The van der Waals surface area contributed by atoms with Crippen molar-refractivity contribution in [2.24, 2.45) is 4.99 Å². The lowest BCUT2D eigenvalue weighted by molar-refractivity contribution is -0.129. The number of ether oxygens (including phenoxy) is 2. The Labute approximate surface area is 283 Å². The Hall–Kier alpha value is -3.85. The summed E-state index contributed by atoms with van der Waals surface area (Å²) in [5.41, 5.74) is 7.84. The van der Waals surface area contributed by atoms with Crippen LogP contribution in [0.25, 0.3) is 6.08 Å². The molecule has 5 rings (SSSR count). The van der Waals surface area contributed by atoms with E-state index in [2.05, 4.69) is 10.9 Å². The molecule has 2 atom stereocenters. The number of carbonyl (C=O) groups excluding carboxylic acids is 1. The molecule has 4 aromatic carbocycles. The third-order valence-electron chi connectivity index (χ3n) is 7.47. The fourth-order valence-corrected chi connectivity index (χ4v) is 5.69. The lowest BCUT2D eigenvalue weighted by atomic mass is 9.84. The fraction of sp³-hybridized carbons (Fsp3) is 0.222. The molecular weight excluding hydrogens is 645 g/mol. The van der Waals surface area contributed by atoms with Gasteiger partial charge in [0.2, 0.25) is 5.90 Å². The van der Waals surface area contributed by atoms with Gasteiger partial charge < -0.3 is 14.6 Å². The number of carbonyl (C=O) groups is 1. The first-order chi connectivity index (χ1) is 22.4. The molecule has 10 heteroatoms. The maximum Gasteiger partial charge on any atom is 0.266 e. The Morgan fingerprint density at radius 1 is 0.957 bits per heavy atom. The third kappa shape index (κ3) is 8.49. The molecule has 1 aliphatic heterocycles. The van der Waals surface area contributed by atoms with Gasteiger partial charge in [0.25, 0.3) is 5.91 Å². The van der Waals surface area contributed by atoms with Gasteiger partial charge in [0, 0.05) is 52.2 Å². The number of nitrogens with one attached hydrogen (secondary N) is 2. The molecule has 7 nitrogen and oxygen atoms in total. The van der Waals surface area contributed by atoms with Crippen LogP contribution in [0.2, 0.25) is 15.1 Å². The summed E-state index contributed by atoms with van der Waals surface area (Å²) in [4.78, 5) is 19.3. The van der Waals surface area contributed by atoms with Crippen molar-refractivity contribution in [3.63, 3.8) is 0 Å². The minimum atomic E-state index is -1.43. The Bertz CT molecular complexity index is 1660. The number of hydrogen-bond acceptors (Lipinski definition) is 6. The van der Waals surface area contributed by atoms with Crippen LogP contribution >= 0.6 is 34.8 Å². The number of amides is 1. The highest BCUT2D eigenvalue weighted by Gasteiger charge is 2.53. The molecule has 238 valence electrons. The molecule has 1 heterocycles. The van der Waals surface area contributed by atoms with E-state index in [1.807, 2.05) is 78.9 Å². The monoisotopic (exact) mass is 677 g/mol. The van der Waals surface area contributed by atoms with Gasteiger partial charge in [-0.25, -0.2) is 10.4 Å². The molecule has 0 radical (unpaired) electrons. The number of hydrazine groups is 1. The van der Waals surface area contributed by atoms with Gasteiger partial charge in [0.1, 0.15) is 5.75 Å². The highest BCUT2D eigenvalue weighted by molar-refractivity contribution is 6.35. The number of aliphatic hydroxyl groups excluding tert-OH is 1. The van der Waals surface area contributed by atoms with Crippen molar-refractivity contribution in [2.75, 3.05) is 19.8 Å². The van der Waals surface area contributed by atoms with Crippen molar-refractivity contribution in [1.82, 2.24) is 10.9 Å². The zero-order valence-electron chi connectivity index (χ0n) is 25.0. The molecule has 0 fully saturated rings. The summed E-state index contributed by atoms with van der Waals surface area (Å²) >= 11 is 19.0. The van der Waals surface area contributed by atoms with Gasteiger partial charge in [0.15, 0.2) is 11.6 Å². The first-order valence-electron chi connectivity index (χ1n) is 14.9. The highest BCUT2D eigenvalue weighted by atomic mass is 35.5. The second-order valence-corrected chi connectivity index (χ2v) is 12.0. The number of rotatable bonds is 14. The van der Waals surface area contributed by atoms with Crippen molar-refractivity contribution in [3.8, 4) is 5.75 Å². The van der Waals surface area contributed by atoms with Crippen LogP contribution in [-0.4, -0.2) is 42.2 Å². The first kappa shape index (κ1) is 33.5. The van der Waals surface area contributed by atoms with Crippen LogP contribution in [0.4, 0.5) is 0 Å². The van der Waals surface area contributed by atoms with Crippen LogP contribution in [0.1, 0.15) is 41.2 Å². The summed E-state index contributed by atoms with van der Waals surface area (Å²) in [6.07, 6.45) is 4.42.